The molecule has 0 saturated carbocycles. The molecule has 1 heterocycles. The van der Waals surface area contributed by atoms with E-state index in [1.54, 1.807) is 11.8 Å². The first-order valence-electron chi connectivity index (χ1n) is 6.85. The smallest absolute Gasteiger partial charge is 0.323 e. The van der Waals surface area contributed by atoms with Crippen molar-refractivity contribution in [3.05, 3.63) is 30.3 Å². The molecule has 4 heteroatoms. The zero-order valence-corrected chi connectivity index (χ0v) is 12.1. The average Bonchev–Trinajstić information content (AvgIpc) is 2.85. The minimum absolute atomic E-state index is 0.359. The first-order valence-corrected chi connectivity index (χ1v) is 7.84. The van der Waals surface area contributed by atoms with Gasteiger partial charge in [-0.05, 0) is 37.8 Å². The summed E-state index contributed by atoms with van der Waals surface area (Å²) in [6, 6.07) is 10.5. The Bertz CT molecular complexity index is 423. The standard InChI is InChI=1S/C15H21NO2S/c1-2-12-8-9-15(16-12,14(17)18)10-11-19-13-6-4-3-5-7-13/h3-7,12,16H,2,8-11H2,1H3,(H,17,18)/t12-,15-/m0/s1. The lowest BCUT2D eigenvalue weighted by Crippen LogP contribution is -2.50. The molecule has 0 amide bonds. The van der Waals surface area contributed by atoms with Crippen LogP contribution in [0.3, 0.4) is 0 Å². The third kappa shape index (κ3) is 3.51. The molecule has 0 aromatic heterocycles. The van der Waals surface area contributed by atoms with Crippen molar-refractivity contribution in [2.45, 2.75) is 49.1 Å². The number of hydrogen-bond acceptors (Lipinski definition) is 3. The van der Waals surface area contributed by atoms with E-state index in [1.165, 1.54) is 4.90 Å². The predicted molar refractivity (Wildman–Crippen MR) is 78.6 cm³/mol. The van der Waals surface area contributed by atoms with Gasteiger partial charge in [-0.15, -0.1) is 11.8 Å². The van der Waals surface area contributed by atoms with Gasteiger partial charge >= 0.3 is 5.97 Å². The Kier molecular flexibility index (Phi) is 4.88. The Morgan fingerprint density at radius 2 is 2.21 bits per heavy atom. The van der Waals surface area contributed by atoms with Crippen molar-refractivity contribution >= 4 is 17.7 Å². The zero-order chi connectivity index (χ0) is 13.7. The summed E-state index contributed by atoms with van der Waals surface area (Å²) >= 11 is 1.73. The second-order valence-electron chi connectivity index (χ2n) is 5.09. The Labute approximate surface area is 118 Å². The lowest BCUT2D eigenvalue weighted by molar-refractivity contribution is -0.144. The van der Waals surface area contributed by atoms with Gasteiger partial charge in [0.2, 0.25) is 0 Å². The fourth-order valence-electron chi connectivity index (χ4n) is 2.59. The number of carboxylic acid groups (broad SMARTS) is 1. The molecule has 1 aromatic rings. The molecule has 0 unspecified atom stereocenters. The van der Waals surface area contributed by atoms with Crippen molar-refractivity contribution in [3.8, 4) is 0 Å². The van der Waals surface area contributed by atoms with Crippen molar-refractivity contribution in [3.63, 3.8) is 0 Å². The minimum Gasteiger partial charge on any atom is -0.480 e. The van der Waals surface area contributed by atoms with E-state index < -0.39 is 11.5 Å². The summed E-state index contributed by atoms with van der Waals surface area (Å²) in [5.41, 5.74) is -0.706. The molecule has 3 nitrogen and oxygen atoms in total. The van der Waals surface area contributed by atoms with Crippen LogP contribution in [0.25, 0.3) is 0 Å². The van der Waals surface area contributed by atoms with Crippen LogP contribution in [0.15, 0.2) is 35.2 Å². The number of thioether (sulfide) groups is 1. The van der Waals surface area contributed by atoms with E-state index in [0.717, 1.165) is 25.0 Å². The molecular weight excluding hydrogens is 258 g/mol. The van der Waals surface area contributed by atoms with Crippen molar-refractivity contribution in [1.82, 2.24) is 5.32 Å². The van der Waals surface area contributed by atoms with Crippen LogP contribution in [-0.2, 0) is 4.79 Å². The highest BCUT2D eigenvalue weighted by molar-refractivity contribution is 7.99. The molecule has 2 atom stereocenters. The summed E-state index contributed by atoms with van der Waals surface area (Å²) < 4.78 is 0. The first-order chi connectivity index (χ1) is 9.16. The predicted octanol–water partition coefficient (Wildman–Crippen LogP) is 3.15. The quantitative estimate of drug-likeness (QED) is 0.785. The fraction of sp³-hybridized carbons (Fsp3) is 0.533. The summed E-state index contributed by atoms with van der Waals surface area (Å²) in [7, 11) is 0. The number of aliphatic carboxylic acids is 1. The summed E-state index contributed by atoms with van der Waals surface area (Å²) in [5.74, 6) is 0.136. The maximum absolute atomic E-state index is 11.6. The number of hydrogen-bond donors (Lipinski definition) is 2. The van der Waals surface area contributed by atoms with Crippen LogP contribution in [0, 0.1) is 0 Å². The van der Waals surface area contributed by atoms with Gasteiger partial charge in [0.05, 0.1) is 0 Å². The van der Waals surface area contributed by atoms with Crippen molar-refractivity contribution in [2.24, 2.45) is 0 Å². The molecule has 0 spiro atoms. The number of rotatable bonds is 6. The molecule has 0 radical (unpaired) electrons. The Morgan fingerprint density at radius 1 is 1.47 bits per heavy atom. The van der Waals surface area contributed by atoms with Crippen molar-refractivity contribution < 1.29 is 9.90 Å². The molecule has 1 aromatic carbocycles. The molecule has 2 rings (SSSR count). The third-order valence-electron chi connectivity index (χ3n) is 3.84. The third-order valence-corrected chi connectivity index (χ3v) is 4.86. The first kappa shape index (κ1) is 14.4. The van der Waals surface area contributed by atoms with Crippen LogP contribution in [0.4, 0.5) is 0 Å². The van der Waals surface area contributed by atoms with Crippen molar-refractivity contribution in [2.75, 3.05) is 5.75 Å². The molecule has 1 aliphatic heterocycles. The monoisotopic (exact) mass is 279 g/mol. The highest BCUT2D eigenvalue weighted by Crippen LogP contribution is 2.31. The van der Waals surface area contributed by atoms with E-state index in [1.807, 2.05) is 18.2 Å². The van der Waals surface area contributed by atoms with Crippen LogP contribution in [0.2, 0.25) is 0 Å². The minimum atomic E-state index is -0.706. The van der Waals surface area contributed by atoms with Crippen LogP contribution >= 0.6 is 11.8 Å². The Balaban J connectivity index is 1.90. The second kappa shape index (κ2) is 6.44. The highest BCUT2D eigenvalue weighted by atomic mass is 32.2. The van der Waals surface area contributed by atoms with E-state index in [0.29, 0.717) is 12.5 Å². The van der Waals surface area contributed by atoms with Gasteiger partial charge in [0, 0.05) is 16.7 Å². The molecule has 19 heavy (non-hydrogen) atoms. The number of carboxylic acids is 1. The van der Waals surface area contributed by atoms with E-state index in [-0.39, 0.29) is 0 Å². The molecule has 104 valence electrons. The van der Waals surface area contributed by atoms with Crippen LogP contribution in [-0.4, -0.2) is 28.4 Å². The fourth-order valence-corrected chi connectivity index (χ4v) is 3.63. The van der Waals surface area contributed by atoms with Crippen LogP contribution in [0.5, 0.6) is 0 Å². The van der Waals surface area contributed by atoms with Crippen LogP contribution < -0.4 is 5.32 Å². The van der Waals surface area contributed by atoms with E-state index >= 15 is 0 Å². The van der Waals surface area contributed by atoms with Crippen LogP contribution in [0.1, 0.15) is 32.6 Å². The lowest BCUT2D eigenvalue weighted by atomic mass is 9.94. The van der Waals surface area contributed by atoms with E-state index in [2.05, 4.69) is 24.4 Å². The summed E-state index contributed by atoms with van der Waals surface area (Å²) in [5, 5.41) is 12.8. The zero-order valence-electron chi connectivity index (χ0n) is 11.3. The highest BCUT2D eigenvalue weighted by Gasteiger charge is 2.43. The number of carbonyl (C=O) groups is 1. The summed E-state index contributed by atoms with van der Waals surface area (Å²) in [6.45, 7) is 2.11. The Hall–Kier alpha value is -1.00. The van der Waals surface area contributed by atoms with Gasteiger partial charge in [-0.3, -0.25) is 10.1 Å². The van der Waals surface area contributed by atoms with Gasteiger partial charge < -0.3 is 5.11 Å². The Morgan fingerprint density at radius 3 is 2.79 bits per heavy atom. The SMILES string of the molecule is CC[C@H]1CC[C@](CCSc2ccccc2)(C(=O)O)N1. The summed E-state index contributed by atoms with van der Waals surface area (Å²) in [6.07, 6.45) is 3.40. The molecule has 0 bridgehead atoms. The van der Waals surface area contributed by atoms with Gasteiger partial charge in [-0.2, -0.15) is 0 Å². The normalized spacial score (nSPS) is 26.5. The topological polar surface area (TPSA) is 49.3 Å². The van der Waals surface area contributed by atoms with E-state index in [9.17, 15) is 9.90 Å². The maximum Gasteiger partial charge on any atom is 0.323 e. The average molecular weight is 279 g/mol. The van der Waals surface area contributed by atoms with E-state index in [4.69, 9.17) is 0 Å². The molecule has 1 fully saturated rings. The molecular formula is C15H21NO2S. The number of nitrogens with one attached hydrogen (secondary N) is 1. The van der Waals surface area contributed by atoms with Gasteiger partial charge in [0.1, 0.15) is 5.54 Å². The molecule has 1 aliphatic rings. The molecule has 1 saturated heterocycles. The van der Waals surface area contributed by atoms with Gasteiger partial charge in [0.15, 0.2) is 0 Å². The lowest BCUT2D eigenvalue weighted by Gasteiger charge is -2.25. The molecule has 0 aliphatic carbocycles. The van der Waals surface area contributed by atoms with Gasteiger partial charge in [0.25, 0.3) is 0 Å². The van der Waals surface area contributed by atoms with Gasteiger partial charge in [-0.1, -0.05) is 25.1 Å². The summed E-state index contributed by atoms with van der Waals surface area (Å²) in [4.78, 5) is 12.8. The molecule has 2 N–H and O–H groups in total. The largest absolute Gasteiger partial charge is 0.480 e. The maximum atomic E-state index is 11.6. The second-order valence-corrected chi connectivity index (χ2v) is 6.26. The van der Waals surface area contributed by atoms with Crippen molar-refractivity contribution in [1.29, 1.82) is 0 Å². The van der Waals surface area contributed by atoms with Gasteiger partial charge in [-0.25, -0.2) is 0 Å². The number of benzene rings is 1.